The predicted molar refractivity (Wildman–Crippen MR) is 99.8 cm³/mol. The highest BCUT2D eigenvalue weighted by molar-refractivity contribution is 7.17. The summed E-state index contributed by atoms with van der Waals surface area (Å²) < 4.78 is 0.648. The smallest absolute Gasteiger partial charge is 0.261 e. The van der Waals surface area contributed by atoms with Crippen LogP contribution < -0.4 is 5.32 Å². The SMILES string of the molecule is O=C(NCCN1CCN(Cc2ccccc2)CC1)c1ccc(Cl)s1. The zero-order valence-corrected chi connectivity index (χ0v) is 15.2. The van der Waals surface area contributed by atoms with Crippen LogP contribution >= 0.6 is 22.9 Å². The van der Waals surface area contributed by atoms with Gasteiger partial charge < -0.3 is 5.32 Å². The molecule has 2 aromatic rings. The fourth-order valence-corrected chi connectivity index (χ4v) is 3.82. The summed E-state index contributed by atoms with van der Waals surface area (Å²) in [6, 6.07) is 14.1. The lowest BCUT2D eigenvalue weighted by atomic mass is 10.2. The maximum Gasteiger partial charge on any atom is 0.261 e. The lowest BCUT2D eigenvalue weighted by Gasteiger charge is -2.34. The van der Waals surface area contributed by atoms with E-state index in [1.165, 1.54) is 16.9 Å². The molecule has 1 saturated heterocycles. The first-order valence-corrected chi connectivity index (χ1v) is 9.42. The lowest BCUT2D eigenvalue weighted by molar-refractivity contribution is 0.0938. The van der Waals surface area contributed by atoms with Crippen molar-refractivity contribution >= 4 is 28.8 Å². The summed E-state index contributed by atoms with van der Waals surface area (Å²) >= 11 is 7.17. The number of carbonyl (C=O) groups is 1. The van der Waals surface area contributed by atoms with Gasteiger partial charge >= 0.3 is 0 Å². The third-order valence-electron chi connectivity index (χ3n) is 4.22. The number of carbonyl (C=O) groups excluding carboxylic acids is 1. The minimum Gasteiger partial charge on any atom is -0.350 e. The van der Waals surface area contributed by atoms with Gasteiger partial charge in [0, 0.05) is 45.8 Å². The van der Waals surface area contributed by atoms with Crippen LogP contribution in [0.1, 0.15) is 15.2 Å². The minimum absolute atomic E-state index is 0.0328. The fraction of sp³-hybridized carbons (Fsp3) is 0.389. The Balaban J connectivity index is 1.34. The predicted octanol–water partition coefficient (Wildman–Crippen LogP) is 2.95. The Morgan fingerprint density at radius 3 is 2.42 bits per heavy atom. The first-order chi connectivity index (χ1) is 11.7. The van der Waals surface area contributed by atoms with Crippen molar-refractivity contribution in [3.05, 3.63) is 57.2 Å². The van der Waals surface area contributed by atoms with Gasteiger partial charge in [-0.05, 0) is 17.7 Å². The second-order valence-corrected chi connectivity index (χ2v) is 7.68. The van der Waals surface area contributed by atoms with Crippen LogP contribution in [0.3, 0.4) is 0 Å². The van der Waals surface area contributed by atoms with Crippen molar-refractivity contribution in [3.8, 4) is 0 Å². The van der Waals surface area contributed by atoms with Crippen LogP contribution in [0, 0.1) is 0 Å². The van der Waals surface area contributed by atoms with Gasteiger partial charge in [0.15, 0.2) is 0 Å². The fourth-order valence-electron chi connectivity index (χ4n) is 2.86. The van der Waals surface area contributed by atoms with Gasteiger partial charge in [-0.3, -0.25) is 14.6 Å². The molecule has 0 radical (unpaired) electrons. The number of rotatable bonds is 6. The molecule has 0 spiro atoms. The van der Waals surface area contributed by atoms with Crippen LogP contribution in [0.5, 0.6) is 0 Å². The molecule has 1 aromatic carbocycles. The topological polar surface area (TPSA) is 35.6 Å². The Labute approximate surface area is 152 Å². The van der Waals surface area contributed by atoms with Gasteiger partial charge in [-0.1, -0.05) is 41.9 Å². The lowest BCUT2D eigenvalue weighted by Crippen LogP contribution is -2.48. The molecular formula is C18H22ClN3OS. The van der Waals surface area contributed by atoms with E-state index in [2.05, 4.69) is 45.4 Å². The summed E-state index contributed by atoms with van der Waals surface area (Å²) in [5, 5.41) is 2.97. The number of hydrogen-bond acceptors (Lipinski definition) is 4. The van der Waals surface area contributed by atoms with E-state index in [0.29, 0.717) is 15.8 Å². The van der Waals surface area contributed by atoms with Gasteiger partial charge in [-0.2, -0.15) is 0 Å². The Morgan fingerprint density at radius 1 is 1.04 bits per heavy atom. The van der Waals surface area contributed by atoms with Crippen molar-refractivity contribution in [2.24, 2.45) is 0 Å². The number of nitrogens with one attached hydrogen (secondary N) is 1. The highest BCUT2D eigenvalue weighted by atomic mass is 35.5. The monoisotopic (exact) mass is 363 g/mol. The Morgan fingerprint density at radius 2 is 1.75 bits per heavy atom. The van der Waals surface area contributed by atoms with E-state index >= 15 is 0 Å². The third-order valence-corrected chi connectivity index (χ3v) is 5.45. The number of hydrogen-bond donors (Lipinski definition) is 1. The molecule has 1 fully saturated rings. The number of thiophene rings is 1. The second-order valence-electron chi connectivity index (χ2n) is 5.96. The highest BCUT2D eigenvalue weighted by Gasteiger charge is 2.17. The molecule has 2 heterocycles. The average molecular weight is 364 g/mol. The molecule has 4 nitrogen and oxygen atoms in total. The number of amides is 1. The first-order valence-electron chi connectivity index (χ1n) is 8.23. The third kappa shape index (κ3) is 5.05. The summed E-state index contributed by atoms with van der Waals surface area (Å²) in [6.07, 6.45) is 0. The van der Waals surface area contributed by atoms with Crippen LogP contribution in [0.4, 0.5) is 0 Å². The van der Waals surface area contributed by atoms with Crippen molar-refractivity contribution in [3.63, 3.8) is 0 Å². The van der Waals surface area contributed by atoms with E-state index in [9.17, 15) is 4.79 Å². The minimum atomic E-state index is -0.0328. The molecule has 3 rings (SSSR count). The molecule has 0 aliphatic carbocycles. The maximum absolute atomic E-state index is 12.0. The highest BCUT2D eigenvalue weighted by Crippen LogP contribution is 2.21. The van der Waals surface area contributed by atoms with E-state index in [1.54, 1.807) is 12.1 Å². The Hall–Kier alpha value is -1.40. The zero-order chi connectivity index (χ0) is 16.8. The number of halogens is 1. The Bertz CT molecular complexity index is 653. The molecule has 0 bridgehead atoms. The summed E-state index contributed by atoms with van der Waals surface area (Å²) in [4.78, 5) is 17.5. The normalized spacial score (nSPS) is 16.2. The maximum atomic E-state index is 12.0. The van der Waals surface area contributed by atoms with E-state index in [4.69, 9.17) is 11.6 Å². The number of nitrogens with zero attached hydrogens (tertiary/aromatic N) is 2. The van der Waals surface area contributed by atoms with Crippen LogP contribution in [0.25, 0.3) is 0 Å². The summed E-state index contributed by atoms with van der Waals surface area (Å²) in [7, 11) is 0. The van der Waals surface area contributed by atoms with E-state index < -0.39 is 0 Å². The molecule has 0 unspecified atom stereocenters. The van der Waals surface area contributed by atoms with Crippen molar-refractivity contribution < 1.29 is 4.79 Å². The molecule has 1 aromatic heterocycles. The molecule has 0 saturated carbocycles. The van der Waals surface area contributed by atoms with Crippen LogP contribution in [0.2, 0.25) is 4.34 Å². The van der Waals surface area contributed by atoms with Crippen LogP contribution in [0.15, 0.2) is 42.5 Å². The largest absolute Gasteiger partial charge is 0.350 e. The molecule has 0 atom stereocenters. The Kier molecular flexibility index (Phi) is 6.26. The molecular weight excluding hydrogens is 342 g/mol. The molecule has 6 heteroatoms. The van der Waals surface area contributed by atoms with Gasteiger partial charge in [0.05, 0.1) is 9.21 Å². The number of piperazine rings is 1. The van der Waals surface area contributed by atoms with Crippen LogP contribution in [-0.2, 0) is 6.54 Å². The van der Waals surface area contributed by atoms with Crippen molar-refractivity contribution in [1.29, 1.82) is 0 Å². The molecule has 24 heavy (non-hydrogen) atoms. The van der Waals surface area contributed by atoms with Gasteiger partial charge in [-0.25, -0.2) is 0 Å². The van der Waals surface area contributed by atoms with Gasteiger partial charge in [-0.15, -0.1) is 11.3 Å². The number of benzene rings is 1. The van der Waals surface area contributed by atoms with E-state index in [1.807, 2.05) is 0 Å². The zero-order valence-electron chi connectivity index (χ0n) is 13.6. The van der Waals surface area contributed by atoms with Crippen LogP contribution in [-0.4, -0.2) is 55.0 Å². The quantitative estimate of drug-likeness (QED) is 0.857. The average Bonchev–Trinajstić information content (AvgIpc) is 3.04. The van der Waals surface area contributed by atoms with Crippen molar-refractivity contribution in [2.75, 3.05) is 39.3 Å². The first kappa shape index (κ1) is 17.4. The van der Waals surface area contributed by atoms with E-state index in [-0.39, 0.29) is 5.91 Å². The molecule has 1 aliphatic rings. The molecule has 1 amide bonds. The second kappa shape index (κ2) is 8.62. The van der Waals surface area contributed by atoms with Gasteiger partial charge in [0.1, 0.15) is 0 Å². The molecule has 1 N–H and O–H groups in total. The van der Waals surface area contributed by atoms with Gasteiger partial charge in [0.2, 0.25) is 0 Å². The van der Waals surface area contributed by atoms with Crippen molar-refractivity contribution in [2.45, 2.75) is 6.54 Å². The summed E-state index contributed by atoms with van der Waals surface area (Å²) in [5.74, 6) is -0.0328. The standard InChI is InChI=1S/C18H22ClN3OS/c19-17-7-6-16(24-17)18(23)20-8-9-21-10-12-22(13-11-21)14-15-4-2-1-3-5-15/h1-7H,8-14H2,(H,20,23). The van der Waals surface area contributed by atoms with Gasteiger partial charge in [0.25, 0.3) is 5.91 Å². The molecule has 128 valence electrons. The van der Waals surface area contributed by atoms with Crippen molar-refractivity contribution in [1.82, 2.24) is 15.1 Å². The summed E-state index contributed by atoms with van der Waals surface area (Å²) in [5.41, 5.74) is 1.37. The molecule has 1 aliphatic heterocycles. The van der Waals surface area contributed by atoms with E-state index in [0.717, 1.165) is 39.3 Å². The summed E-state index contributed by atoms with van der Waals surface area (Å²) in [6.45, 7) is 6.83.